The van der Waals surface area contributed by atoms with Crippen LogP contribution in [0.2, 0.25) is 0 Å². The molecule has 0 spiro atoms. The quantitative estimate of drug-likeness (QED) is 0.734. The van der Waals surface area contributed by atoms with Gasteiger partial charge in [-0.1, -0.05) is 6.92 Å². The SMILES string of the molecule is CCNCC(C)S(=O)(=O)Nc1ccc(N(CC)CC)cc1. The highest BCUT2D eigenvalue weighted by Gasteiger charge is 2.20. The van der Waals surface area contributed by atoms with Crippen LogP contribution in [0.4, 0.5) is 11.4 Å². The third-order valence-corrected chi connectivity index (χ3v) is 5.21. The maximum atomic E-state index is 12.2. The van der Waals surface area contributed by atoms with Gasteiger partial charge < -0.3 is 10.2 Å². The van der Waals surface area contributed by atoms with Crippen LogP contribution in [0.1, 0.15) is 27.7 Å². The summed E-state index contributed by atoms with van der Waals surface area (Å²) in [4.78, 5) is 2.21. The lowest BCUT2D eigenvalue weighted by Gasteiger charge is -2.21. The summed E-state index contributed by atoms with van der Waals surface area (Å²) < 4.78 is 27.0. The molecule has 1 unspecified atom stereocenters. The van der Waals surface area contributed by atoms with Gasteiger partial charge in [-0.2, -0.15) is 0 Å². The van der Waals surface area contributed by atoms with Gasteiger partial charge in [0, 0.05) is 31.0 Å². The average molecular weight is 313 g/mol. The van der Waals surface area contributed by atoms with E-state index < -0.39 is 15.3 Å². The molecule has 1 aromatic carbocycles. The summed E-state index contributed by atoms with van der Waals surface area (Å²) in [5.74, 6) is 0. The lowest BCUT2D eigenvalue weighted by molar-refractivity contribution is 0.579. The number of rotatable bonds is 9. The van der Waals surface area contributed by atoms with Crippen LogP contribution in [0, 0.1) is 0 Å². The largest absolute Gasteiger partial charge is 0.372 e. The molecule has 6 heteroatoms. The zero-order valence-corrected chi connectivity index (χ0v) is 14.2. The number of benzene rings is 1. The van der Waals surface area contributed by atoms with Crippen molar-refractivity contribution in [2.45, 2.75) is 32.9 Å². The molecule has 0 radical (unpaired) electrons. The number of hydrogen-bond donors (Lipinski definition) is 2. The van der Waals surface area contributed by atoms with Crippen molar-refractivity contribution in [1.29, 1.82) is 0 Å². The van der Waals surface area contributed by atoms with Gasteiger partial charge in [-0.25, -0.2) is 8.42 Å². The summed E-state index contributed by atoms with van der Waals surface area (Å²) in [6.45, 7) is 10.9. The average Bonchev–Trinajstić information content (AvgIpc) is 2.47. The van der Waals surface area contributed by atoms with Gasteiger partial charge in [0.2, 0.25) is 10.0 Å². The molecule has 0 saturated carbocycles. The van der Waals surface area contributed by atoms with Crippen LogP contribution in [0.5, 0.6) is 0 Å². The first kappa shape index (κ1) is 17.8. The van der Waals surface area contributed by atoms with Gasteiger partial charge in [0.25, 0.3) is 0 Å². The predicted octanol–water partition coefficient (Wildman–Crippen LogP) is 2.27. The molecule has 0 aromatic heterocycles. The highest BCUT2D eigenvalue weighted by molar-refractivity contribution is 7.93. The van der Waals surface area contributed by atoms with Crippen LogP contribution < -0.4 is 14.9 Å². The van der Waals surface area contributed by atoms with E-state index in [9.17, 15) is 8.42 Å². The van der Waals surface area contributed by atoms with Crippen LogP contribution in [0.15, 0.2) is 24.3 Å². The predicted molar refractivity (Wildman–Crippen MR) is 90.6 cm³/mol. The maximum absolute atomic E-state index is 12.2. The third-order valence-electron chi connectivity index (χ3n) is 3.47. The minimum Gasteiger partial charge on any atom is -0.372 e. The molecule has 120 valence electrons. The first-order valence-electron chi connectivity index (χ1n) is 7.51. The Morgan fingerprint density at radius 1 is 1.10 bits per heavy atom. The van der Waals surface area contributed by atoms with Gasteiger partial charge in [0.05, 0.1) is 5.25 Å². The lowest BCUT2D eigenvalue weighted by Crippen LogP contribution is -2.34. The highest BCUT2D eigenvalue weighted by Crippen LogP contribution is 2.19. The van der Waals surface area contributed by atoms with E-state index in [0.29, 0.717) is 12.2 Å². The molecule has 5 nitrogen and oxygen atoms in total. The van der Waals surface area contributed by atoms with Crippen LogP contribution in [0.3, 0.4) is 0 Å². The summed E-state index contributed by atoms with van der Waals surface area (Å²) in [6.07, 6.45) is 0. The minimum absolute atomic E-state index is 0.448. The van der Waals surface area contributed by atoms with Crippen molar-refractivity contribution in [3.63, 3.8) is 0 Å². The fraction of sp³-hybridized carbons (Fsp3) is 0.600. The normalized spacial score (nSPS) is 13.0. The fourth-order valence-corrected chi connectivity index (χ4v) is 3.05. The molecule has 0 aliphatic heterocycles. The van der Waals surface area contributed by atoms with Crippen LogP contribution >= 0.6 is 0 Å². The van der Waals surface area contributed by atoms with E-state index in [4.69, 9.17) is 0 Å². The maximum Gasteiger partial charge on any atom is 0.236 e. The van der Waals surface area contributed by atoms with E-state index in [0.717, 1.165) is 25.3 Å². The Balaban J connectivity index is 2.75. The van der Waals surface area contributed by atoms with Crippen molar-refractivity contribution in [1.82, 2.24) is 5.32 Å². The van der Waals surface area contributed by atoms with Crippen molar-refractivity contribution >= 4 is 21.4 Å². The van der Waals surface area contributed by atoms with Crippen LogP contribution in [-0.4, -0.2) is 39.8 Å². The molecule has 1 rings (SSSR count). The van der Waals surface area contributed by atoms with Gasteiger partial charge in [-0.3, -0.25) is 4.72 Å². The number of hydrogen-bond acceptors (Lipinski definition) is 4. The first-order chi connectivity index (χ1) is 9.94. The fourth-order valence-electron chi connectivity index (χ4n) is 2.05. The molecule has 0 aliphatic carbocycles. The summed E-state index contributed by atoms with van der Waals surface area (Å²) in [5, 5.41) is 2.58. The second kappa shape index (κ2) is 8.24. The van der Waals surface area contributed by atoms with E-state index in [-0.39, 0.29) is 0 Å². The highest BCUT2D eigenvalue weighted by atomic mass is 32.2. The van der Waals surface area contributed by atoms with Crippen LogP contribution in [0.25, 0.3) is 0 Å². The molecule has 0 saturated heterocycles. The Morgan fingerprint density at radius 2 is 1.67 bits per heavy atom. The van der Waals surface area contributed by atoms with Gasteiger partial charge in [-0.05, 0) is 51.6 Å². The Hall–Kier alpha value is -1.27. The van der Waals surface area contributed by atoms with E-state index in [2.05, 4.69) is 28.8 Å². The van der Waals surface area contributed by atoms with Gasteiger partial charge in [0.1, 0.15) is 0 Å². The third kappa shape index (κ3) is 5.21. The van der Waals surface area contributed by atoms with Crippen molar-refractivity contribution in [3.8, 4) is 0 Å². The number of sulfonamides is 1. The van der Waals surface area contributed by atoms with E-state index >= 15 is 0 Å². The zero-order chi connectivity index (χ0) is 15.9. The standard InChI is InChI=1S/C15H27N3O2S/c1-5-16-12-13(4)21(19,20)17-14-8-10-15(11-9-14)18(6-2)7-3/h8-11,13,16-17H,5-7,12H2,1-4H3. The van der Waals surface area contributed by atoms with Gasteiger partial charge >= 0.3 is 0 Å². The molecule has 2 N–H and O–H groups in total. The van der Waals surface area contributed by atoms with Crippen molar-refractivity contribution < 1.29 is 8.42 Å². The molecule has 0 fully saturated rings. The summed E-state index contributed by atoms with van der Waals surface area (Å²) in [6, 6.07) is 7.51. The monoisotopic (exact) mass is 313 g/mol. The van der Waals surface area contributed by atoms with Crippen molar-refractivity contribution in [2.24, 2.45) is 0 Å². The molecular weight excluding hydrogens is 286 g/mol. The zero-order valence-electron chi connectivity index (χ0n) is 13.4. The van der Waals surface area contributed by atoms with E-state index in [1.165, 1.54) is 0 Å². The molecular formula is C15H27N3O2S. The number of anilines is 2. The van der Waals surface area contributed by atoms with E-state index in [1.54, 1.807) is 6.92 Å². The van der Waals surface area contributed by atoms with Crippen molar-refractivity contribution in [3.05, 3.63) is 24.3 Å². The Kier molecular flexibility index (Phi) is 6.98. The summed E-state index contributed by atoms with van der Waals surface area (Å²) >= 11 is 0. The first-order valence-corrected chi connectivity index (χ1v) is 9.06. The Morgan fingerprint density at radius 3 is 2.14 bits per heavy atom. The second-order valence-corrected chi connectivity index (χ2v) is 7.08. The van der Waals surface area contributed by atoms with E-state index in [1.807, 2.05) is 31.2 Å². The van der Waals surface area contributed by atoms with Gasteiger partial charge in [0.15, 0.2) is 0 Å². The molecule has 1 atom stereocenters. The molecule has 0 bridgehead atoms. The topological polar surface area (TPSA) is 61.4 Å². The lowest BCUT2D eigenvalue weighted by atomic mass is 10.2. The van der Waals surface area contributed by atoms with Gasteiger partial charge in [-0.15, -0.1) is 0 Å². The molecule has 1 aromatic rings. The smallest absolute Gasteiger partial charge is 0.236 e. The molecule has 0 aliphatic rings. The molecule has 0 amide bonds. The molecule has 0 heterocycles. The van der Waals surface area contributed by atoms with Crippen LogP contribution in [-0.2, 0) is 10.0 Å². The second-order valence-electron chi connectivity index (χ2n) is 4.98. The Bertz CT molecular complexity index is 510. The van der Waals surface area contributed by atoms with Crippen molar-refractivity contribution in [2.75, 3.05) is 35.8 Å². The number of nitrogens with one attached hydrogen (secondary N) is 2. The molecule has 21 heavy (non-hydrogen) atoms. The Labute approximate surface area is 128 Å². The summed E-state index contributed by atoms with van der Waals surface area (Å²) in [7, 11) is -3.36. The minimum atomic E-state index is -3.36. The number of nitrogens with zero attached hydrogens (tertiary/aromatic N) is 1. The summed E-state index contributed by atoms with van der Waals surface area (Å²) in [5.41, 5.74) is 1.71.